The fourth-order valence-electron chi connectivity index (χ4n) is 3.20. The number of ketones is 1. The molecule has 0 aromatic carbocycles. The highest BCUT2D eigenvalue weighted by atomic mass is 16.5. The van der Waals surface area contributed by atoms with Gasteiger partial charge in [-0.2, -0.15) is 0 Å². The van der Waals surface area contributed by atoms with Gasteiger partial charge in [-0.15, -0.1) is 0 Å². The summed E-state index contributed by atoms with van der Waals surface area (Å²) >= 11 is 0. The number of Topliss-reactive ketones (excluding diaryl/α,β-unsaturated/α-hetero) is 1. The Kier molecular flexibility index (Phi) is 9.31. The van der Waals surface area contributed by atoms with Gasteiger partial charge in [0.25, 0.3) is 5.91 Å². The number of hydrogen-bond donors (Lipinski definition) is 3. The Morgan fingerprint density at radius 3 is 2.64 bits per heavy atom. The van der Waals surface area contributed by atoms with Crippen LogP contribution in [0.25, 0.3) is 0 Å². The number of hydrogen-bond acceptors (Lipinski definition) is 7. The number of nitrogens with one attached hydrogen (secondary N) is 3. The monoisotopic (exact) mass is 461 g/mol. The smallest absolute Gasteiger partial charge is 0.407 e. The van der Waals surface area contributed by atoms with Crippen LogP contribution >= 0.6 is 0 Å². The first kappa shape index (κ1) is 26.2. The molecular weight excluding hydrogens is 426 g/mol. The maximum Gasteiger partial charge on any atom is 0.407 e. The lowest BCUT2D eigenvalue weighted by Gasteiger charge is -2.25. The molecule has 0 aliphatic carbocycles. The van der Waals surface area contributed by atoms with E-state index in [1.807, 2.05) is 20.8 Å². The van der Waals surface area contributed by atoms with E-state index in [1.165, 1.54) is 0 Å². The van der Waals surface area contributed by atoms with E-state index in [2.05, 4.69) is 25.9 Å². The average molecular weight is 462 g/mol. The molecule has 3 amide bonds. The predicted molar refractivity (Wildman–Crippen MR) is 121 cm³/mol. The zero-order valence-corrected chi connectivity index (χ0v) is 20.1. The van der Waals surface area contributed by atoms with Gasteiger partial charge >= 0.3 is 6.09 Å². The molecular formula is C23H35N5O5. The van der Waals surface area contributed by atoms with Gasteiger partial charge in [0.15, 0.2) is 0 Å². The van der Waals surface area contributed by atoms with Crippen LogP contribution in [-0.2, 0) is 32.0 Å². The number of aryl methyl sites for hydroxylation is 2. The molecule has 33 heavy (non-hydrogen) atoms. The number of amides is 3. The minimum Gasteiger partial charge on any atom is -0.449 e. The molecule has 3 N–H and O–H groups in total. The zero-order valence-electron chi connectivity index (χ0n) is 20.1. The van der Waals surface area contributed by atoms with Crippen LogP contribution in [0.5, 0.6) is 0 Å². The Morgan fingerprint density at radius 2 is 1.97 bits per heavy atom. The first-order chi connectivity index (χ1) is 15.5. The van der Waals surface area contributed by atoms with Crippen LogP contribution in [0.3, 0.4) is 0 Å². The van der Waals surface area contributed by atoms with Crippen molar-refractivity contribution in [2.75, 3.05) is 13.2 Å². The normalized spacial score (nSPS) is 18.4. The third kappa shape index (κ3) is 8.78. The van der Waals surface area contributed by atoms with Crippen LogP contribution in [0.15, 0.2) is 12.3 Å². The molecule has 1 aromatic rings. The number of nitrogens with zero attached hydrogens (tertiary/aromatic N) is 2. The number of fused-ring (bicyclic) bond motifs is 2. The van der Waals surface area contributed by atoms with Gasteiger partial charge in [0, 0.05) is 24.9 Å². The highest BCUT2D eigenvalue weighted by Crippen LogP contribution is 2.13. The third-order valence-electron chi connectivity index (χ3n) is 5.03. The van der Waals surface area contributed by atoms with E-state index in [4.69, 9.17) is 4.74 Å². The highest BCUT2D eigenvalue weighted by molar-refractivity contribution is 6.38. The standard InChI is InChI=1S/C23H35N5O5/c1-14(2)18(28-22(32)33-13-23(3,4)5)20(30)27-16-9-8-15-10-12-24-17(26-15)7-6-11-25-21(31)19(16)29/h10,12,14,16,18H,6-9,11,13H2,1-5H3,(H,25,31)(H,27,30)(H,28,32). The van der Waals surface area contributed by atoms with Crippen molar-refractivity contribution in [2.24, 2.45) is 11.3 Å². The van der Waals surface area contributed by atoms with Gasteiger partial charge in [0.2, 0.25) is 11.7 Å². The van der Waals surface area contributed by atoms with Gasteiger partial charge in [0.1, 0.15) is 11.9 Å². The van der Waals surface area contributed by atoms with Crippen molar-refractivity contribution in [1.29, 1.82) is 0 Å². The van der Waals surface area contributed by atoms with Crippen molar-refractivity contribution in [3.8, 4) is 0 Å². The first-order valence-corrected chi connectivity index (χ1v) is 11.3. The number of ether oxygens (including phenoxy) is 1. The van der Waals surface area contributed by atoms with E-state index in [-0.39, 0.29) is 24.4 Å². The summed E-state index contributed by atoms with van der Waals surface area (Å²) in [5.74, 6) is -1.63. The molecule has 0 fully saturated rings. The van der Waals surface area contributed by atoms with Crippen LogP contribution in [0.1, 0.15) is 59.0 Å². The van der Waals surface area contributed by atoms with Gasteiger partial charge < -0.3 is 20.7 Å². The Hall–Kier alpha value is -3.04. The van der Waals surface area contributed by atoms with Crippen molar-refractivity contribution in [1.82, 2.24) is 25.9 Å². The molecule has 2 heterocycles. The molecule has 2 rings (SSSR count). The molecule has 182 valence electrons. The molecule has 0 saturated heterocycles. The Labute approximate surface area is 194 Å². The van der Waals surface area contributed by atoms with Crippen molar-refractivity contribution in [3.05, 3.63) is 23.8 Å². The fraction of sp³-hybridized carbons (Fsp3) is 0.652. The van der Waals surface area contributed by atoms with Crippen LogP contribution in [0.4, 0.5) is 4.79 Å². The number of alkyl carbamates (subject to hydrolysis) is 1. The van der Waals surface area contributed by atoms with E-state index in [0.29, 0.717) is 31.6 Å². The molecule has 1 aromatic heterocycles. The topological polar surface area (TPSA) is 139 Å². The lowest BCUT2D eigenvalue weighted by atomic mass is 9.99. The summed E-state index contributed by atoms with van der Waals surface area (Å²) in [5.41, 5.74) is 0.513. The van der Waals surface area contributed by atoms with E-state index in [1.54, 1.807) is 26.1 Å². The molecule has 0 spiro atoms. The molecule has 0 radical (unpaired) electrons. The van der Waals surface area contributed by atoms with E-state index >= 15 is 0 Å². The quantitative estimate of drug-likeness (QED) is 0.562. The molecule has 1 aliphatic rings. The summed E-state index contributed by atoms with van der Waals surface area (Å²) in [6.07, 6.45) is 2.71. The number of aromatic nitrogens is 2. The van der Waals surface area contributed by atoms with E-state index in [9.17, 15) is 19.2 Å². The Morgan fingerprint density at radius 1 is 1.24 bits per heavy atom. The van der Waals surface area contributed by atoms with Crippen molar-refractivity contribution < 1.29 is 23.9 Å². The maximum absolute atomic E-state index is 13.0. The molecule has 10 nitrogen and oxygen atoms in total. The lowest BCUT2D eigenvalue weighted by molar-refractivity contribution is -0.140. The fourth-order valence-corrected chi connectivity index (χ4v) is 3.20. The van der Waals surface area contributed by atoms with Crippen LogP contribution in [-0.4, -0.2) is 58.9 Å². The summed E-state index contributed by atoms with van der Waals surface area (Å²) in [6, 6.07) is -0.230. The minimum atomic E-state index is -1.05. The van der Waals surface area contributed by atoms with Crippen molar-refractivity contribution in [2.45, 2.75) is 72.4 Å². The van der Waals surface area contributed by atoms with Gasteiger partial charge in [-0.1, -0.05) is 34.6 Å². The zero-order chi connectivity index (χ0) is 24.6. The van der Waals surface area contributed by atoms with Crippen LogP contribution < -0.4 is 16.0 Å². The largest absolute Gasteiger partial charge is 0.449 e. The van der Waals surface area contributed by atoms with Gasteiger partial charge in [-0.05, 0) is 36.7 Å². The first-order valence-electron chi connectivity index (χ1n) is 11.3. The predicted octanol–water partition coefficient (Wildman–Crippen LogP) is 1.32. The molecule has 2 atom stereocenters. The van der Waals surface area contributed by atoms with Crippen molar-refractivity contribution >= 4 is 23.7 Å². The summed E-state index contributed by atoms with van der Waals surface area (Å²) < 4.78 is 5.21. The summed E-state index contributed by atoms with van der Waals surface area (Å²) in [6.45, 7) is 9.80. The second-order valence-corrected chi connectivity index (χ2v) is 9.79. The minimum absolute atomic E-state index is 0.188. The average Bonchev–Trinajstić information content (AvgIpc) is 2.74. The lowest BCUT2D eigenvalue weighted by Crippen LogP contribution is -2.55. The van der Waals surface area contributed by atoms with E-state index in [0.717, 1.165) is 5.69 Å². The van der Waals surface area contributed by atoms with Crippen LogP contribution in [0.2, 0.25) is 0 Å². The number of carbonyl (C=O) groups excluding carboxylic acids is 4. The van der Waals surface area contributed by atoms with Gasteiger partial charge in [0.05, 0.1) is 12.6 Å². The summed E-state index contributed by atoms with van der Waals surface area (Å²) in [4.78, 5) is 59.1. The molecule has 1 aliphatic heterocycles. The van der Waals surface area contributed by atoms with Crippen LogP contribution in [0, 0.1) is 11.3 Å². The third-order valence-corrected chi connectivity index (χ3v) is 5.03. The van der Waals surface area contributed by atoms with Gasteiger partial charge in [-0.25, -0.2) is 14.8 Å². The molecule has 2 bridgehead atoms. The van der Waals surface area contributed by atoms with Crippen molar-refractivity contribution in [3.63, 3.8) is 0 Å². The molecule has 10 heteroatoms. The molecule has 2 unspecified atom stereocenters. The Balaban J connectivity index is 2.12. The second-order valence-electron chi connectivity index (χ2n) is 9.79. The maximum atomic E-state index is 13.0. The number of rotatable bonds is 5. The second kappa shape index (κ2) is 11.7. The van der Waals surface area contributed by atoms with E-state index < -0.39 is 35.8 Å². The summed E-state index contributed by atoms with van der Waals surface area (Å²) in [5, 5.41) is 7.82. The Bertz CT molecular complexity index is 865. The highest BCUT2D eigenvalue weighted by Gasteiger charge is 2.32. The molecule has 0 saturated carbocycles. The number of carbonyl (C=O) groups is 4. The summed E-state index contributed by atoms with van der Waals surface area (Å²) in [7, 11) is 0. The van der Waals surface area contributed by atoms with Gasteiger partial charge in [-0.3, -0.25) is 14.4 Å². The SMILES string of the molecule is CC(C)C(NC(=O)OCC(C)(C)C)C(=O)NC1CCc2ccnc(n2)CCCNC(=O)C1=O.